The Morgan fingerprint density at radius 3 is 2.76 bits per heavy atom. The fourth-order valence-electron chi connectivity index (χ4n) is 2.81. The van der Waals surface area contributed by atoms with E-state index in [4.69, 9.17) is 27.6 Å². The molecule has 0 aliphatic rings. The maximum Gasteiger partial charge on any atom is 0.257 e. The standard InChI is InChI=1S/C20H11BrCl2FN3O2/c1-9-14(20-27-18-17(29-20)4-10(21)8-25-18)6-12(24)7-16(9)26-19(28)13-3-2-11(22)5-15(13)23/h2-8H,1H3,(H,26,28). The van der Waals surface area contributed by atoms with Crippen LogP contribution in [0.3, 0.4) is 0 Å². The van der Waals surface area contributed by atoms with Gasteiger partial charge in [-0.1, -0.05) is 23.2 Å². The number of hydrogen-bond acceptors (Lipinski definition) is 4. The third-order valence-corrected chi connectivity index (χ3v) is 5.22. The molecule has 29 heavy (non-hydrogen) atoms. The molecule has 0 aliphatic heterocycles. The highest BCUT2D eigenvalue weighted by Crippen LogP contribution is 2.32. The van der Waals surface area contributed by atoms with Crippen LogP contribution in [0, 0.1) is 12.7 Å². The van der Waals surface area contributed by atoms with Crippen LogP contribution in [0.5, 0.6) is 0 Å². The molecule has 0 saturated heterocycles. The zero-order valence-corrected chi connectivity index (χ0v) is 17.9. The fraction of sp³-hybridized carbons (Fsp3) is 0.0500. The highest BCUT2D eigenvalue weighted by molar-refractivity contribution is 9.10. The number of halogens is 4. The fourth-order valence-corrected chi connectivity index (χ4v) is 3.61. The van der Waals surface area contributed by atoms with Gasteiger partial charge in [-0.2, -0.15) is 4.98 Å². The number of carbonyl (C=O) groups is 1. The first kappa shape index (κ1) is 19.8. The van der Waals surface area contributed by atoms with Crippen LogP contribution in [0.4, 0.5) is 10.1 Å². The summed E-state index contributed by atoms with van der Waals surface area (Å²) in [7, 11) is 0. The minimum atomic E-state index is -0.556. The van der Waals surface area contributed by atoms with Crippen molar-refractivity contribution in [2.24, 2.45) is 0 Å². The van der Waals surface area contributed by atoms with Gasteiger partial charge in [0.2, 0.25) is 5.89 Å². The quantitative estimate of drug-likeness (QED) is 0.345. The van der Waals surface area contributed by atoms with Gasteiger partial charge < -0.3 is 9.73 Å². The van der Waals surface area contributed by atoms with Crippen LogP contribution in [-0.4, -0.2) is 15.9 Å². The average molecular weight is 495 g/mol. The van der Waals surface area contributed by atoms with Crippen molar-refractivity contribution in [1.82, 2.24) is 9.97 Å². The van der Waals surface area contributed by atoms with E-state index in [1.54, 1.807) is 25.3 Å². The SMILES string of the molecule is Cc1c(NC(=O)c2ccc(Cl)cc2Cl)cc(F)cc1-c1nc2ncc(Br)cc2o1. The molecular formula is C20H11BrCl2FN3O2. The maximum atomic E-state index is 14.3. The molecule has 146 valence electrons. The van der Waals surface area contributed by atoms with E-state index in [0.717, 1.165) is 4.47 Å². The third-order valence-electron chi connectivity index (χ3n) is 4.24. The number of hydrogen-bond donors (Lipinski definition) is 1. The number of carbonyl (C=O) groups excluding carboxylic acids is 1. The molecule has 0 radical (unpaired) electrons. The van der Waals surface area contributed by atoms with Crippen molar-refractivity contribution in [1.29, 1.82) is 0 Å². The summed E-state index contributed by atoms with van der Waals surface area (Å²) in [5, 5.41) is 3.29. The molecule has 0 aliphatic carbocycles. The monoisotopic (exact) mass is 493 g/mol. The molecule has 4 aromatic rings. The summed E-state index contributed by atoms with van der Waals surface area (Å²) in [6.45, 7) is 1.73. The Bertz CT molecular complexity index is 1280. The van der Waals surface area contributed by atoms with E-state index in [0.29, 0.717) is 27.4 Å². The van der Waals surface area contributed by atoms with Crippen molar-refractivity contribution in [2.45, 2.75) is 6.92 Å². The van der Waals surface area contributed by atoms with Crippen LogP contribution in [0.25, 0.3) is 22.7 Å². The Labute approximate surface area is 183 Å². The topological polar surface area (TPSA) is 68.0 Å². The Morgan fingerprint density at radius 1 is 1.21 bits per heavy atom. The lowest BCUT2D eigenvalue weighted by molar-refractivity contribution is 0.102. The van der Waals surface area contributed by atoms with E-state index in [2.05, 4.69) is 31.2 Å². The molecular weight excluding hydrogens is 484 g/mol. The van der Waals surface area contributed by atoms with Gasteiger partial charge in [-0.25, -0.2) is 9.37 Å². The van der Waals surface area contributed by atoms with Gasteiger partial charge in [0.25, 0.3) is 5.91 Å². The summed E-state index contributed by atoms with van der Waals surface area (Å²) in [6.07, 6.45) is 1.59. The van der Waals surface area contributed by atoms with Crippen molar-refractivity contribution in [3.63, 3.8) is 0 Å². The summed E-state index contributed by atoms with van der Waals surface area (Å²) in [4.78, 5) is 21.1. The minimum absolute atomic E-state index is 0.194. The summed E-state index contributed by atoms with van der Waals surface area (Å²) in [5.41, 5.74) is 2.32. The first-order valence-electron chi connectivity index (χ1n) is 8.31. The lowest BCUT2D eigenvalue weighted by Gasteiger charge is -2.12. The van der Waals surface area contributed by atoms with Gasteiger partial charge in [-0.15, -0.1) is 0 Å². The van der Waals surface area contributed by atoms with Crippen LogP contribution in [0.2, 0.25) is 10.0 Å². The van der Waals surface area contributed by atoms with Gasteiger partial charge in [0.05, 0.1) is 10.6 Å². The number of pyridine rings is 1. The van der Waals surface area contributed by atoms with Crippen molar-refractivity contribution in [3.05, 3.63) is 74.1 Å². The van der Waals surface area contributed by atoms with Gasteiger partial charge in [0.15, 0.2) is 11.2 Å². The lowest BCUT2D eigenvalue weighted by Crippen LogP contribution is -2.14. The molecule has 0 spiro atoms. The summed E-state index contributed by atoms with van der Waals surface area (Å²) in [6, 6.07) is 8.75. The molecule has 0 saturated carbocycles. The van der Waals surface area contributed by atoms with Gasteiger partial charge in [-0.3, -0.25) is 4.79 Å². The number of benzene rings is 2. The second-order valence-corrected chi connectivity index (χ2v) is 7.96. The molecule has 4 rings (SSSR count). The zero-order valence-electron chi connectivity index (χ0n) is 14.8. The van der Waals surface area contributed by atoms with Crippen LogP contribution in [0.15, 0.2) is 51.5 Å². The Balaban J connectivity index is 1.73. The molecule has 2 aromatic carbocycles. The first-order chi connectivity index (χ1) is 13.8. The second kappa shape index (κ2) is 7.74. The normalized spacial score (nSPS) is 11.1. The highest BCUT2D eigenvalue weighted by Gasteiger charge is 2.18. The van der Waals surface area contributed by atoms with Crippen LogP contribution in [-0.2, 0) is 0 Å². The maximum absolute atomic E-state index is 14.3. The van der Waals surface area contributed by atoms with E-state index < -0.39 is 11.7 Å². The number of anilines is 1. The largest absolute Gasteiger partial charge is 0.434 e. The van der Waals surface area contributed by atoms with Crippen LogP contribution in [0.1, 0.15) is 15.9 Å². The minimum Gasteiger partial charge on any atom is -0.434 e. The summed E-state index contributed by atoms with van der Waals surface area (Å²) in [5.74, 6) is -0.850. The molecule has 2 heterocycles. The molecule has 9 heteroatoms. The van der Waals surface area contributed by atoms with Gasteiger partial charge in [0, 0.05) is 33.0 Å². The molecule has 2 aromatic heterocycles. The van der Waals surface area contributed by atoms with E-state index in [1.807, 2.05) is 0 Å². The molecule has 0 atom stereocenters. The second-order valence-electron chi connectivity index (χ2n) is 6.20. The summed E-state index contributed by atoms with van der Waals surface area (Å²) < 4.78 is 20.8. The van der Waals surface area contributed by atoms with E-state index in [1.165, 1.54) is 24.3 Å². The molecule has 1 amide bonds. The van der Waals surface area contributed by atoms with Gasteiger partial charge >= 0.3 is 0 Å². The molecule has 1 N–H and O–H groups in total. The van der Waals surface area contributed by atoms with E-state index in [9.17, 15) is 9.18 Å². The van der Waals surface area contributed by atoms with Gasteiger partial charge in [-0.05, 0) is 58.7 Å². The predicted molar refractivity (Wildman–Crippen MR) is 114 cm³/mol. The Hall–Kier alpha value is -2.48. The third kappa shape index (κ3) is 3.99. The summed E-state index contributed by atoms with van der Waals surface area (Å²) >= 11 is 15.3. The number of rotatable bonds is 3. The predicted octanol–water partition coefficient (Wildman–Crippen LogP) is 6.66. The first-order valence-corrected chi connectivity index (χ1v) is 9.86. The number of nitrogens with one attached hydrogen (secondary N) is 1. The van der Waals surface area contributed by atoms with E-state index >= 15 is 0 Å². The van der Waals surface area contributed by atoms with Crippen molar-refractivity contribution in [2.75, 3.05) is 5.32 Å². The Kier molecular flexibility index (Phi) is 5.29. The lowest BCUT2D eigenvalue weighted by atomic mass is 10.1. The van der Waals surface area contributed by atoms with Crippen molar-refractivity contribution >= 4 is 62.0 Å². The van der Waals surface area contributed by atoms with E-state index in [-0.39, 0.29) is 22.2 Å². The number of amides is 1. The van der Waals surface area contributed by atoms with Crippen LogP contribution < -0.4 is 5.32 Å². The molecule has 0 fully saturated rings. The number of oxazole rings is 1. The molecule has 0 bridgehead atoms. The number of nitrogens with zero attached hydrogens (tertiary/aromatic N) is 2. The van der Waals surface area contributed by atoms with Crippen LogP contribution >= 0.6 is 39.1 Å². The average Bonchev–Trinajstić information content (AvgIpc) is 3.07. The zero-order chi connectivity index (χ0) is 20.7. The molecule has 0 unspecified atom stereocenters. The van der Waals surface area contributed by atoms with Crippen molar-refractivity contribution in [3.8, 4) is 11.5 Å². The highest BCUT2D eigenvalue weighted by atomic mass is 79.9. The number of aromatic nitrogens is 2. The smallest absolute Gasteiger partial charge is 0.257 e. The number of fused-ring (bicyclic) bond motifs is 1. The van der Waals surface area contributed by atoms with Crippen molar-refractivity contribution < 1.29 is 13.6 Å². The van der Waals surface area contributed by atoms with Gasteiger partial charge in [0.1, 0.15) is 5.82 Å². The molecule has 5 nitrogen and oxygen atoms in total. The Morgan fingerprint density at radius 2 is 2.00 bits per heavy atom.